The van der Waals surface area contributed by atoms with Crippen molar-refractivity contribution in [1.29, 1.82) is 0 Å². The molecule has 1 atom stereocenters. The van der Waals surface area contributed by atoms with Crippen LogP contribution in [-0.4, -0.2) is 25.0 Å². The molecule has 4 heteroatoms. The zero-order chi connectivity index (χ0) is 12.9. The minimum atomic E-state index is 0. The van der Waals surface area contributed by atoms with Gasteiger partial charge in [-0.2, -0.15) is 0 Å². The monoisotopic (exact) mass is 298 g/mol. The second-order valence-electron chi connectivity index (χ2n) is 7.70. The van der Waals surface area contributed by atoms with Gasteiger partial charge in [0.2, 0.25) is 5.91 Å². The smallest absolute Gasteiger partial charge is 0.226 e. The van der Waals surface area contributed by atoms with Crippen molar-refractivity contribution in [2.75, 3.05) is 13.1 Å². The number of carbonyl (C=O) groups is 1. The molecule has 2 N–H and O–H groups in total. The average Bonchev–Trinajstić information content (AvgIpc) is 2.87. The lowest BCUT2D eigenvalue weighted by molar-refractivity contribution is -0.146. The standard InChI is InChI=1S/C16H26N2O.ClH/c19-15(18-10-14-2-1-3-17-14)16-7-11-4-12(8-16)6-13(5-11)9-16;/h11-14,17H,1-10H2,(H,18,19);1H. The third kappa shape index (κ3) is 2.48. The molecule has 4 bridgehead atoms. The van der Waals surface area contributed by atoms with E-state index in [9.17, 15) is 4.79 Å². The van der Waals surface area contributed by atoms with E-state index in [1.54, 1.807) is 0 Å². The highest BCUT2D eigenvalue weighted by atomic mass is 35.5. The molecule has 5 fully saturated rings. The van der Waals surface area contributed by atoms with E-state index in [1.165, 1.54) is 51.4 Å². The number of hydrogen-bond donors (Lipinski definition) is 2. The summed E-state index contributed by atoms with van der Waals surface area (Å²) in [6, 6.07) is 0.526. The van der Waals surface area contributed by atoms with Gasteiger partial charge in [0.1, 0.15) is 0 Å². The second-order valence-corrected chi connectivity index (χ2v) is 7.70. The van der Waals surface area contributed by atoms with Crippen LogP contribution in [0.15, 0.2) is 0 Å². The van der Waals surface area contributed by atoms with Crippen molar-refractivity contribution < 1.29 is 4.79 Å². The minimum absolute atomic E-state index is 0. The maximum atomic E-state index is 12.7. The van der Waals surface area contributed by atoms with Crippen LogP contribution in [0.5, 0.6) is 0 Å². The Morgan fingerprint density at radius 1 is 1.10 bits per heavy atom. The number of rotatable bonds is 3. The highest BCUT2D eigenvalue weighted by molar-refractivity contribution is 5.85. The number of hydrogen-bond acceptors (Lipinski definition) is 2. The lowest BCUT2D eigenvalue weighted by Crippen LogP contribution is -2.54. The van der Waals surface area contributed by atoms with Gasteiger partial charge < -0.3 is 10.6 Å². The molecule has 3 nitrogen and oxygen atoms in total. The van der Waals surface area contributed by atoms with Gasteiger partial charge in [0.25, 0.3) is 0 Å². The van der Waals surface area contributed by atoms with Crippen molar-refractivity contribution in [3.05, 3.63) is 0 Å². The molecular weight excluding hydrogens is 272 g/mol. The van der Waals surface area contributed by atoms with E-state index in [4.69, 9.17) is 0 Å². The van der Waals surface area contributed by atoms with Crippen molar-refractivity contribution in [1.82, 2.24) is 10.6 Å². The van der Waals surface area contributed by atoms with Crippen molar-refractivity contribution in [2.45, 2.75) is 57.4 Å². The first kappa shape index (κ1) is 14.6. The maximum Gasteiger partial charge on any atom is 0.226 e. The molecule has 20 heavy (non-hydrogen) atoms. The summed E-state index contributed by atoms with van der Waals surface area (Å²) in [7, 11) is 0. The van der Waals surface area contributed by atoms with Gasteiger partial charge in [-0.15, -0.1) is 12.4 Å². The molecule has 1 heterocycles. The molecule has 1 amide bonds. The zero-order valence-corrected chi connectivity index (χ0v) is 13.0. The molecule has 5 aliphatic rings. The Balaban J connectivity index is 0.00000121. The van der Waals surface area contributed by atoms with Crippen LogP contribution in [0.4, 0.5) is 0 Å². The van der Waals surface area contributed by atoms with Crippen LogP contribution in [0.1, 0.15) is 51.4 Å². The molecule has 1 aliphatic heterocycles. The molecule has 1 saturated heterocycles. The Bertz CT molecular complexity index is 343. The van der Waals surface area contributed by atoms with Gasteiger partial charge in [-0.25, -0.2) is 0 Å². The van der Waals surface area contributed by atoms with Crippen LogP contribution < -0.4 is 10.6 Å². The predicted molar refractivity (Wildman–Crippen MR) is 81.9 cm³/mol. The van der Waals surface area contributed by atoms with Crippen LogP contribution in [0.2, 0.25) is 0 Å². The van der Waals surface area contributed by atoms with Crippen molar-refractivity contribution in [3.63, 3.8) is 0 Å². The lowest BCUT2D eigenvalue weighted by atomic mass is 9.49. The highest BCUT2D eigenvalue weighted by Crippen LogP contribution is 2.60. The number of halogens is 1. The van der Waals surface area contributed by atoms with E-state index < -0.39 is 0 Å². The number of carbonyl (C=O) groups excluding carboxylic acids is 1. The predicted octanol–water partition coefficient (Wildman–Crippen LogP) is 2.49. The summed E-state index contributed by atoms with van der Waals surface area (Å²) in [5.74, 6) is 2.98. The fraction of sp³-hybridized carbons (Fsp3) is 0.938. The van der Waals surface area contributed by atoms with Gasteiger partial charge >= 0.3 is 0 Å². The fourth-order valence-corrected chi connectivity index (χ4v) is 5.72. The van der Waals surface area contributed by atoms with Crippen LogP contribution >= 0.6 is 12.4 Å². The molecular formula is C16H27ClN2O. The van der Waals surface area contributed by atoms with E-state index in [1.807, 2.05) is 0 Å². The molecule has 0 aromatic heterocycles. The molecule has 5 rings (SSSR count). The molecule has 4 aliphatic carbocycles. The molecule has 1 unspecified atom stereocenters. The minimum Gasteiger partial charge on any atom is -0.354 e. The number of nitrogens with one attached hydrogen (secondary N) is 2. The third-order valence-corrected chi connectivity index (χ3v) is 6.19. The van der Waals surface area contributed by atoms with Crippen molar-refractivity contribution in [2.24, 2.45) is 23.2 Å². The quantitative estimate of drug-likeness (QED) is 0.840. The van der Waals surface area contributed by atoms with E-state index in [0.29, 0.717) is 11.9 Å². The van der Waals surface area contributed by atoms with Crippen LogP contribution in [0, 0.1) is 23.2 Å². The van der Waals surface area contributed by atoms with Gasteiger partial charge in [-0.3, -0.25) is 4.79 Å². The summed E-state index contributed by atoms with van der Waals surface area (Å²) >= 11 is 0. The zero-order valence-electron chi connectivity index (χ0n) is 12.2. The maximum absolute atomic E-state index is 12.7. The van der Waals surface area contributed by atoms with Gasteiger partial charge in [0, 0.05) is 18.0 Å². The third-order valence-electron chi connectivity index (χ3n) is 6.19. The first-order valence-corrected chi connectivity index (χ1v) is 8.25. The molecule has 0 aromatic rings. The Labute approximate surface area is 128 Å². The van der Waals surface area contributed by atoms with Crippen LogP contribution in [-0.2, 0) is 4.79 Å². The Morgan fingerprint density at radius 3 is 2.20 bits per heavy atom. The van der Waals surface area contributed by atoms with Gasteiger partial charge in [-0.05, 0) is 75.7 Å². The lowest BCUT2D eigenvalue weighted by Gasteiger charge is -2.55. The molecule has 0 radical (unpaired) electrons. The summed E-state index contributed by atoms with van der Waals surface area (Å²) in [5, 5.41) is 6.75. The fourth-order valence-electron chi connectivity index (χ4n) is 5.72. The molecule has 4 saturated carbocycles. The largest absolute Gasteiger partial charge is 0.354 e. The van der Waals surface area contributed by atoms with E-state index in [0.717, 1.165) is 30.8 Å². The highest BCUT2D eigenvalue weighted by Gasteiger charge is 2.54. The summed E-state index contributed by atoms with van der Waals surface area (Å²) in [5.41, 5.74) is 0.0351. The summed E-state index contributed by atoms with van der Waals surface area (Å²) in [6.45, 7) is 1.97. The van der Waals surface area contributed by atoms with Gasteiger partial charge in [0.15, 0.2) is 0 Å². The summed E-state index contributed by atoms with van der Waals surface area (Å²) < 4.78 is 0. The van der Waals surface area contributed by atoms with E-state index >= 15 is 0 Å². The Kier molecular flexibility index (Phi) is 4.02. The van der Waals surface area contributed by atoms with Crippen LogP contribution in [0.25, 0.3) is 0 Å². The topological polar surface area (TPSA) is 41.1 Å². The van der Waals surface area contributed by atoms with Crippen LogP contribution in [0.3, 0.4) is 0 Å². The normalized spacial score (nSPS) is 45.2. The molecule has 114 valence electrons. The Hall–Kier alpha value is -0.280. The van der Waals surface area contributed by atoms with E-state index in [2.05, 4.69) is 10.6 Å². The van der Waals surface area contributed by atoms with Crippen molar-refractivity contribution >= 4 is 18.3 Å². The molecule has 0 aromatic carbocycles. The second kappa shape index (κ2) is 5.49. The first-order chi connectivity index (χ1) is 9.23. The van der Waals surface area contributed by atoms with Gasteiger partial charge in [-0.1, -0.05) is 0 Å². The average molecular weight is 299 g/mol. The Morgan fingerprint density at radius 2 is 1.70 bits per heavy atom. The van der Waals surface area contributed by atoms with Gasteiger partial charge in [0.05, 0.1) is 0 Å². The first-order valence-electron chi connectivity index (χ1n) is 8.25. The SMILES string of the molecule is Cl.O=C(NCC1CCCN1)C12CC3CC(CC(C3)C1)C2. The summed E-state index contributed by atoms with van der Waals surface area (Å²) in [4.78, 5) is 12.7. The summed E-state index contributed by atoms with van der Waals surface area (Å²) in [6.07, 6.45) is 10.3. The van der Waals surface area contributed by atoms with Crippen molar-refractivity contribution in [3.8, 4) is 0 Å². The molecule has 0 spiro atoms. The van der Waals surface area contributed by atoms with E-state index in [-0.39, 0.29) is 17.8 Å². The number of amides is 1.